The van der Waals surface area contributed by atoms with Crippen LogP contribution in [0.25, 0.3) is 0 Å². The lowest BCUT2D eigenvalue weighted by molar-refractivity contribution is 0.472. The molecular weight excluding hydrogens is 198 g/mol. The zero-order chi connectivity index (χ0) is 10.6. The molecule has 1 heterocycles. The van der Waals surface area contributed by atoms with E-state index in [0.29, 0.717) is 11.2 Å². The average Bonchev–Trinajstić information content (AvgIpc) is 2.51. The molecule has 0 aromatic carbocycles. The highest BCUT2D eigenvalue weighted by Gasteiger charge is 2.06. The van der Waals surface area contributed by atoms with E-state index >= 15 is 0 Å². The Morgan fingerprint density at radius 2 is 2.14 bits per heavy atom. The van der Waals surface area contributed by atoms with Crippen molar-refractivity contribution in [3.63, 3.8) is 0 Å². The largest absolute Gasteiger partial charge is 0.321 e. The first-order chi connectivity index (χ1) is 6.69. The maximum absolute atomic E-state index is 5.89. The van der Waals surface area contributed by atoms with Gasteiger partial charge in [-0.2, -0.15) is 0 Å². The molecule has 0 radical (unpaired) electrons. The molecule has 0 saturated heterocycles. The van der Waals surface area contributed by atoms with Gasteiger partial charge in [-0.1, -0.05) is 25.4 Å². The van der Waals surface area contributed by atoms with Crippen molar-refractivity contribution in [3.8, 4) is 0 Å². The quantitative estimate of drug-likeness (QED) is 0.817. The van der Waals surface area contributed by atoms with Gasteiger partial charge in [0.05, 0.1) is 12.7 Å². The summed E-state index contributed by atoms with van der Waals surface area (Å²) in [5.41, 5.74) is 0. The van der Waals surface area contributed by atoms with E-state index in [1.165, 1.54) is 0 Å². The Kier molecular flexibility index (Phi) is 4.42. The Morgan fingerprint density at radius 3 is 2.57 bits per heavy atom. The molecule has 1 aromatic rings. The molecule has 0 unspecified atom stereocenters. The fourth-order valence-electron chi connectivity index (χ4n) is 1.40. The molecular formula is C10H18ClN3. The summed E-state index contributed by atoms with van der Waals surface area (Å²) in [7, 11) is 1.93. The van der Waals surface area contributed by atoms with E-state index in [-0.39, 0.29) is 0 Å². The number of imidazole rings is 1. The summed E-state index contributed by atoms with van der Waals surface area (Å²) < 4.78 is 1.90. The Morgan fingerprint density at radius 1 is 1.50 bits per heavy atom. The predicted molar refractivity (Wildman–Crippen MR) is 59.4 cm³/mol. The van der Waals surface area contributed by atoms with Crippen molar-refractivity contribution in [1.29, 1.82) is 0 Å². The first-order valence-corrected chi connectivity index (χ1v) is 5.46. The molecule has 3 nitrogen and oxygen atoms in total. The van der Waals surface area contributed by atoms with Crippen molar-refractivity contribution in [3.05, 3.63) is 17.2 Å². The van der Waals surface area contributed by atoms with Crippen LogP contribution < -0.4 is 5.32 Å². The molecule has 0 aliphatic rings. The Labute approximate surface area is 90.5 Å². The Balaban J connectivity index is 2.49. The smallest absolute Gasteiger partial charge is 0.128 e. The van der Waals surface area contributed by atoms with Crippen LogP contribution in [-0.2, 0) is 13.6 Å². The predicted octanol–water partition coefficient (Wildman–Crippen LogP) is 2.35. The van der Waals surface area contributed by atoms with Crippen molar-refractivity contribution >= 4 is 11.6 Å². The number of nitrogens with one attached hydrogen (secondary N) is 1. The molecule has 0 fully saturated rings. The lowest BCUT2D eigenvalue weighted by Gasteiger charge is -2.14. The highest BCUT2D eigenvalue weighted by molar-refractivity contribution is 6.29. The first-order valence-electron chi connectivity index (χ1n) is 5.08. The van der Waals surface area contributed by atoms with Gasteiger partial charge in [-0.15, -0.1) is 0 Å². The summed E-state index contributed by atoms with van der Waals surface area (Å²) in [6, 6.07) is 0.575. The maximum atomic E-state index is 5.89. The topological polar surface area (TPSA) is 29.9 Å². The number of hydrogen-bond donors (Lipinski definition) is 1. The lowest BCUT2D eigenvalue weighted by Crippen LogP contribution is -2.28. The molecule has 4 heteroatoms. The van der Waals surface area contributed by atoms with Crippen LogP contribution in [0, 0.1) is 0 Å². The second-order valence-corrected chi connectivity index (χ2v) is 3.84. The molecule has 1 N–H and O–H groups in total. The van der Waals surface area contributed by atoms with Gasteiger partial charge in [0, 0.05) is 13.1 Å². The summed E-state index contributed by atoms with van der Waals surface area (Å²) in [5.74, 6) is 0.988. The minimum atomic E-state index is 0.575. The van der Waals surface area contributed by atoms with Gasteiger partial charge in [-0.25, -0.2) is 4.98 Å². The van der Waals surface area contributed by atoms with E-state index in [1.54, 1.807) is 6.20 Å². The summed E-state index contributed by atoms with van der Waals surface area (Å²) in [4.78, 5) is 4.22. The summed E-state index contributed by atoms with van der Waals surface area (Å²) in [5, 5.41) is 4.13. The molecule has 1 rings (SSSR count). The van der Waals surface area contributed by atoms with E-state index < -0.39 is 0 Å². The van der Waals surface area contributed by atoms with Crippen LogP contribution in [0.5, 0.6) is 0 Å². The van der Waals surface area contributed by atoms with Gasteiger partial charge in [-0.05, 0) is 12.8 Å². The van der Waals surface area contributed by atoms with Crippen LogP contribution in [0.4, 0.5) is 0 Å². The number of nitrogens with zero attached hydrogens (tertiary/aromatic N) is 2. The van der Waals surface area contributed by atoms with Crippen LogP contribution in [-0.4, -0.2) is 15.6 Å². The number of halogens is 1. The monoisotopic (exact) mass is 215 g/mol. The summed E-state index contributed by atoms with van der Waals surface area (Å²) in [6.45, 7) is 5.16. The van der Waals surface area contributed by atoms with Crippen molar-refractivity contribution < 1.29 is 0 Å². The van der Waals surface area contributed by atoms with E-state index in [4.69, 9.17) is 11.6 Å². The molecule has 0 spiro atoms. The third-order valence-electron chi connectivity index (χ3n) is 2.56. The van der Waals surface area contributed by atoms with Gasteiger partial charge in [-0.3, -0.25) is 0 Å². The zero-order valence-electron chi connectivity index (χ0n) is 9.05. The van der Waals surface area contributed by atoms with E-state index in [0.717, 1.165) is 25.2 Å². The van der Waals surface area contributed by atoms with Gasteiger partial charge in [0.2, 0.25) is 0 Å². The van der Waals surface area contributed by atoms with E-state index in [9.17, 15) is 0 Å². The van der Waals surface area contributed by atoms with Gasteiger partial charge in [0.15, 0.2) is 0 Å². The van der Waals surface area contributed by atoms with Crippen LogP contribution in [0.1, 0.15) is 32.5 Å². The summed E-state index contributed by atoms with van der Waals surface area (Å²) in [6.07, 6.45) is 3.98. The third kappa shape index (κ3) is 2.72. The molecule has 80 valence electrons. The minimum Gasteiger partial charge on any atom is -0.321 e. The fourth-order valence-corrected chi connectivity index (χ4v) is 1.55. The zero-order valence-corrected chi connectivity index (χ0v) is 9.80. The van der Waals surface area contributed by atoms with Gasteiger partial charge in [0.25, 0.3) is 0 Å². The average molecular weight is 216 g/mol. The molecule has 0 saturated carbocycles. The normalized spacial score (nSPS) is 11.2. The molecule has 0 aliphatic heterocycles. The minimum absolute atomic E-state index is 0.575. The van der Waals surface area contributed by atoms with Crippen LogP contribution in [0.2, 0.25) is 5.15 Å². The summed E-state index contributed by atoms with van der Waals surface area (Å²) >= 11 is 5.89. The molecule has 1 aromatic heterocycles. The lowest BCUT2D eigenvalue weighted by atomic mass is 10.2. The molecule has 0 aliphatic carbocycles. The van der Waals surface area contributed by atoms with Crippen molar-refractivity contribution in [2.45, 2.75) is 39.3 Å². The number of hydrogen-bond acceptors (Lipinski definition) is 2. The van der Waals surface area contributed by atoms with E-state index in [1.807, 2.05) is 11.6 Å². The van der Waals surface area contributed by atoms with Gasteiger partial charge in [0.1, 0.15) is 11.0 Å². The van der Waals surface area contributed by atoms with E-state index in [2.05, 4.69) is 24.1 Å². The molecule has 0 amide bonds. The highest BCUT2D eigenvalue weighted by Crippen LogP contribution is 2.09. The Hall–Kier alpha value is -0.540. The van der Waals surface area contributed by atoms with Crippen LogP contribution in [0.3, 0.4) is 0 Å². The standard InChI is InChI=1S/C10H18ClN3/c1-4-8(5-2)12-7-10-13-6-9(11)14(10)3/h6,8,12H,4-5,7H2,1-3H3. The second-order valence-electron chi connectivity index (χ2n) is 3.45. The second kappa shape index (κ2) is 5.37. The van der Waals surface area contributed by atoms with Gasteiger partial charge >= 0.3 is 0 Å². The molecule has 14 heavy (non-hydrogen) atoms. The number of rotatable bonds is 5. The maximum Gasteiger partial charge on any atom is 0.128 e. The number of aromatic nitrogens is 2. The van der Waals surface area contributed by atoms with Crippen molar-refractivity contribution in [2.24, 2.45) is 7.05 Å². The first kappa shape index (κ1) is 11.5. The third-order valence-corrected chi connectivity index (χ3v) is 2.91. The van der Waals surface area contributed by atoms with Crippen LogP contribution in [0.15, 0.2) is 6.20 Å². The highest BCUT2D eigenvalue weighted by atomic mass is 35.5. The fraction of sp³-hybridized carbons (Fsp3) is 0.700. The van der Waals surface area contributed by atoms with Crippen LogP contribution >= 0.6 is 11.6 Å². The van der Waals surface area contributed by atoms with Crippen molar-refractivity contribution in [1.82, 2.24) is 14.9 Å². The molecule has 0 bridgehead atoms. The van der Waals surface area contributed by atoms with Crippen molar-refractivity contribution in [2.75, 3.05) is 0 Å². The molecule has 0 atom stereocenters. The van der Waals surface area contributed by atoms with Gasteiger partial charge < -0.3 is 9.88 Å². The Bertz CT molecular complexity index is 279. The SMILES string of the molecule is CCC(CC)NCc1ncc(Cl)n1C.